The quantitative estimate of drug-likeness (QED) is 0.268. The normalized spacial score (nSPS) is 12.8. The lowest BCUT2D eigenvalue weighted by Crippen LogP contribution is -2.23. The van der Waals surface area contributed by atoms with E-state index in [1.807, 2.05) is 19.1 Å². The van der Waals surface area contributed by atoms with Crippen LogP contribution in [0, 0.1) is 17.0 Å². The second-order valence-corrected chi connectivity index (χ2v) is 8.51. The first-order valence-corrected chi connectivity index (χ1v) is 10.7. The van der Waals surface area contributed by atoms with Crippen LogP contribution >= 0.6 is 23.5 Å². The standard InChI is InChI=1S/C20H17N3O3S2/c1-13-3-2-4-14(11-13)12-28-20-21-17-9-10-27-18(17)19(24)22(20)15-5-7-16(8-6-15)23(25)26/h2-8,11H,9-10,12H2,1H3. The predicted octanol–water partition coefficient (Wildman–Crippen LogP) is 4.39. The van der Waals surface area contributed by atoms with Crippen molar-refractivity contribution >= 4 is 29.2 Å². The highest BCUT2D eigenvalue weighted by molar-refractivity contribution is 7.99. The van der Waals surface area contributed by atoms with Gasteiger partial charge >= 0.3 is 0 Å². The van der Waals surface area contributed by atoms with Gasteiger partial charge in [0, 0.05) is 30.1 Å². The van der Waals surface area contributed by atoms with E-state index in [1.54, 1.807) is 16.7 Å². The van der Waals surface area contributed by atoms with Gasteiger partial charge in [0.15, 0.2) is 5.16 Å². The lowest BCUT2D eigenvalue weighted by atomic mass is 10.2. The van der Waals surface area contributed by atoms with Crippen molar-refractivity contribution in [1.29, 1.82) is 0 Å². The van der Waals surface area contributed by atoms with Gasteiger partial charge in [-0.05, 0) is 24.6 Å². The van der Waals surface area contributed by atoms with Crippen LogP contribution < -0.4 is 5.56 Å². The number of non-ortho nitro benzene ring substituents is 1. The minimum Gasteiger partial charge on any atom is -0.268 e. The van der Waals surface area contributed by atoms with Gasteiger partial charge in [0.25, 0.3) is 11.2 Å². The molecule has 1 aliphatic rings. The molecule has 0 N–H and O–H groups in total. The number of aryl methyl sites for hydroxylation is 2. The second kappa shape index (κ2) is 7.81. The van der Waals surface area contributed by atoms with Gasteiger partial charge < -0.3 is 0 Å². The molecule has 0 amide bonds. The molecular formula is C20H17N3O3S2. The highest BCUT2D eigenvalue weighted by Gasteiger charge is 2.23. The van der Waals surface area contributed by atoms with Crippen LogP contribution in [0.1, 0.15) is 16.8 Å². The zero-order valence-corrected chi connectivity index (χ0v) is 16.8. The third-order valence-electron chi connectivity index (χ3n) is 4.44. The highest BCUT2D eigenvalue weighted by atomic mass is 32.2. The molecule has 0 unspecified atom stereocenters. The molecule has 2 heterocycles. The Bertz CT molecular complexity index is 1110. The molecule has 0 bridgehead atoms. The number of nitrogens with zero attached hydrogens (tertiary/aromatic N) is 3. The molecule has 0 fully saturated rings. The molecule has 0 saturated heterocycles. The molecule has 0 spiro atoms. The van der Waals surface area contributed by atoms with Crippen LogP contribution in [0.2, 0.25) is 0 Å². The first-order valence-electron chi connectivity index (χ1n) is 8.75. The van der Waals surface area contributed by atoms with E-state index < -0.39 is 4.92 Å². The molecule has 8 heteroatoms. The van der Waals surface area contributed by atoms with Crippen molar-refractivity contribution in [2.24, 2.45) is 0 Å². The monoisotopic (exact) mass is 411 g/mol. The largest absolute Gasteiger partial charge is 0.272 e. The van der Waals surface area contributed by atoms with Crippen molar-refractivity contribution in [3.63, 3.8) is 0 Å². The number of aromatic nitrogens is 2. The van der Waals surface area contributed by atoms with Crippen molar-refractivity contribution in [3.8, 4) is 5.69 Å². The number of thioether (sulfide) groups is 2. The number of benzene rings is 2. The Morgan fingerprint density at radius 3 is 2.75 bits per heavy atom. The molecule has 28 heavy (non-hydrogen) atoms. The smallest absolute Gasteiger partial charge is 0.268 e. The Kier molecular flexibility index (Phi) is 5.23. The van der Waals surface area contributed by atoms with Gasteiger partial charge in [-0.1, -0.05) is 41.6 Å². The SMILES string of the molecule is Cc1cccc(CSc2nc3c(c(=O)n2-c2ccc([N+](=O)[O-])cc2)SCC3)c1. The Balaban J connectivity index is 1.75. The molecule has 3 aromatic rings. The van der Waals surface area contributed by atoms with E-state index in [4.69, 9.17) is 4.98 Å². The summed E-state index contributed by atoms with van der Waals surface area (Å²) in [4.78, 5) is 29.0. The summed E-state index contributed by atoms with van der Waals surface area (Å²) in [5.41, 5.74) is 3.67. The second-order valence-electron chi connectivity index (χ2n) is 6.46. The summed E-state index contributed by atoms with van der Waals surface area (Å²) < 4.78 is 1.57. The van der Waals surface area contributed by atoms with Gasteiger partial charge in [-0.3, -0.25) is 19.5 Å². The van der Waals surface area contributed by atoms with Gasteiger partial charge in [0.05, 0.1) is 21.2 Å². The van der Waals surface area contributed by atoms with Crippen LogP contribution in [0.3, 0.4) is 0 Å². The number of nitro groups is 1. The topological polar surface area (TPSA) is 78.0 Å². The van der Waals surface area contributed by atoms with Crippen molar-refractivity contribution in [1.82, 2.24) is 9.55 Å². The average molecular weight is 412 g/mol. The zero-order valence-electron chi connectivity index (χ0n) is 15.1. The number of rotatable bonds is 5. The summed E-state index contributed by atoms with van der Waals surface area (Å²) in [5, 5.41) is 11.6. The van der Waals surface area contributed by atoms with E-state index in [0.29, 0.717) is 21.5 Å². The molecule has 0 atom stereocenters. The number of nitro benzene ring substituents is 1. The fourth-order valence-electron chi connectivity index (χ4n) is 3.09. The van der Waals surface area contributed by atoms with E-state index >= 15 is 0 Å². The van der Waals surface area contributed by atoms with Gasteiger partial charge in [-0.25, -0.2) is 4.98 Å². The molecule has 0 saturated carbocycles. The first-order chi connectivity index (χ1) is 13.5. The number of fused-ring (bicyclic) bond motifs is 1. The van der Waals surface area contributed by atoms with Crippen LogP contribution in [0.4, 0.5) is 5.69 Å². The van der Waals surface area contributed by atoms with Crippen LogP contribution in [-0.2, 0) is 12.2 Å². The molecule has 1 aromatic heterocycles. The average Bonchev–Trinajstić information content (AvgIpc) is 3.16. The minimum atomic E-state index is -0.448. The third kappa shape index (κ3) is 3.70. The highest BCUT2D eigenvalue weighted by Crippen LogP contribution is 2.31. The molecule has 6 nitrogen and oxygen atoms in total. The van der Waals surface area contributed by atoms with Crippen LogP contribution in [0.25, 0.3) is 5.69 Å². The maximum absolute atomic E-state index is 13.1. The maximum Gasteiger partial charge on any atom is 0.272 e. The van der Waals surface area contributed by atoms with Gasteiger partial charge in [0.1, 0.15) is 0 Å². The molecular weight excluding hydrogens is 394 g/mol. The summed E-state index contributed by atoms with van der Waals surface area (Å²) in [6.07, 6.45) is 0.786. The van der Waals surface area contributed by atoms with Gasteiger partial charge in [-0.15, -0.1) is 11.8 Å². The summed E-state index contributed by atoms with van der Waals surface area (Å²) in [6.45, 7) is 2.05. The lowest BCUT2D eigenvalue weighted by molar-refractivity contribution is -0.384. The van der Waals surface area contributed by atoms with Crippen molar-refractivity contribution in [2.75, 3.05) is 5.75 Å². The minimum absolute atomic E-state index is 0.00532. The van der Waals surface area contributed by atoms with Gasteiger partial charge in [0.2, 0.25) is 0 Å². The van der Waals surface area contributed by atoms with Crippen LogP contribution in [-0.4, -0.2) is 20.2 Å². The fraction of sp³-hybridized carbons (Fsp3) is 0.200. The summed E-state index contributed by atoms with van der Waals surface area (Å²) >= 11 is 3.03. The molecule has 2 aromatic carbocycles. The number of hydrogen-bond acceptors (Lipinski definition) is 6. The molecule has 4 rings (SSSR count). The van der Waals surface area contributed by atoms with E-state index in [0.717, 1.165) is 23.4 Å². The Labute approximate surface area is 170 Å². The number of hydrogen-bond donors (Lipinski definition) is 0. The molecule has 142 valence electrons. The Morgan fingerprint density at radius 2 is 2.04 bits per heavy atom. The van der Waals surface area contributed by atoms with Crippen LogP contribution in [0.15, 0.2) is 63.4 Å². The summed E-state index contributed by atoms with van der Waals surface area (Å²) in [7, 11) is 0. The van der Waals surface area contributed by atoms with Crippen molar-refractivity contribution in [2.45, 2.75) is 29.1 Å². The predicted molar refractivity (Wildman–Crippen MR) is 112 cm³/mol. The Hall–Kier alpha value is -2.58. The zero-order chi connectivity index (χ0) is 19.7. The molecule has 0 aliphatic carbocycles. The van der Waals surface area contributed by atoms with Crippen LogP contribution in [0.5, 0.6) is 0 Å². The molecule has 1 aliphatic heterocycles. The lowest BCUT2D eigenvalue weighted by Gasteiger charge is -2.14. The maximum atomic E-state index is 13.1. The third-order valence-corrected chi connectivity index (χ3v) is 6.55. The first kappa shape index (κ1) is 18.8. The van der Waals surface area contributed by atoms with E-state index in [1.165, 1.54) is 41.2 Å². The molecule has 0 radical (unpaired) electrons. The van der Waals surface area contributed by atoms with E-state index in [9.17, 15) is 14.9 Å². The fourth-order valence-corrected chi connectivity index (χ4v) is 5.09. The van der Waals surface area contributed by atoms with Gasteiger partial charge in [-0.2, -0.15) is 0 Å². The van der Waals surface area contributed by atoms with E-state index in [2.05, 4.69) is 12.1 Å². The Morgan fingerprint density at radius 1 is 1.25 bits per heavy atom. The summed E-state index contributed by atoms with van der Waals surface area (Å²) in [5.74, 6) is 1.54. The van der Waals surface area contributed by atoms with Crippen molar-refractivity contribution < 1.29 is 4.92 Å². The summed E-state index contributed by atoms with van der Waals surface area (Å²) in [6, 6.07) is 14.3. The van der Waals surface area contributed by atoms with E-state index in [-0.39, 0.29) is 11.2 Å². The van der Waals surface area contributed by atoms with Crippen molar-refractivity contribution in [3.05, 3.63) is 85.8 Å².